The molecule has 3 rings (SSSR count). The molecule has 0 saturated heterocycles. The third-order valence-electron chi connectivity index (χ3n) is 3.85. The molecule has 6 nitrogen and oxygen atoms in total. The van der Waals surface area contributed by atoms with Crippen molar-refractivity contribution in [2.45, 2.75) is 19.9 Å². The van der Waals surface area contributed by atoms with Crippen LogP contribution in [0, 0.1) is 12.7 Å². The third kappa shape index (κ3) is 3.65. The molecular formula is C18H18FN5O. The standard InChI is InChI=1S/C18H18FN5O/c1-12(22-18(25)23-16-8-4-3-7-15(16)19)14-11-21-24(13(14)2)17-9-5-6-10-20-17/h3-12H,1-2H3,(H2,22,23,25)/t12-/m0/s1. The van der Waals surface area contributed by atoms with E-state index in [0.717, 1.165) is 11.3 Å². The number of anilines is 1. The van der Waals surface area contributed by atoms with Crippen LogP contribution in [0.2, 0.25) is 0 Å². The smallest absolute Gasteiger partial charge is 0.319 e. The van der Waals surface area contributed by atoms with Crippen LogP contribution in [0.4, 0.5) is 14.9 Å². The highest BCUT2D eigenvalue weighted by Gasteiger charge is 2.17. The highest BCUT2D eigenvalue weighted by Crippen LogP contribution is 2.19. The minimum Gasteiger partial charge on any atom is -0.331 e. The van der Waals surface area contributed by atoms with Gasteiger partial charge in [-0.2, -0.15) is 5.10 Å². The van der Waals surface area contributed by atoms with Crippen molar-refractivity contribution in [1.82, 2.24) is 20.1 Å². The summed E-state index contributed by atoms with van der Waals surface area (Å²) in [5.74, 6) is 0.221. The second kappa shape index (κ2) is 7.12. The van der Waals surface area contributed by atoms with Gasteiger partial charge in [0.05, 0.1) is 17.9 Å². The van der Waals surface area contributed by atoms with Gasteiger partial charge in [0.1, 0.15) is 5.82 Å². The Morgan fingerprint density at radius 2 is 1.96 bits per heavy atom. The number of pyridine rings is 1. The Labute approximate surface area is 144 Å². The monoisotopic (exact) mass is 339 g/mol. The summed E-state index contributed by atoms with van der Waals surface area (Å²) in [5, 5.41) is 9.63. The van der Waals surface area contributed by atoms with Crippen molar-refractivity contribution in [2.24, 2.45) is 0 Å². The average Bonchev–Trinajstić information content (AvgIpc) is 2.99. The zero-order chi connectivity index (χ0) is 17.8. The first-order valence-electron chi connectivity index (χ1n) is 7.84. The maximum Gasteiger partial charge on any atom is 0.319 e. The number of halogens is 1. The molecule has 128 valence electrons. The Morgan fingerprint density at radius 3 is 2.68 bits per heavy atom. The molecule has 0 aliphatic rings. The zero-order valence-electron chi connectivity index (χ0n) is 13.9. The molecular weight excluding hydrogens is 321 g/mol. The molecule has 25 heavy (non-hydrogen) atoms. The molecule has 7 heteroatoms. The number of para-hydroxylation sites is 1. The quantitative estimate of drug-likeness (QED) is 0.763. The lowest BCUT2D eigenvalue weighted by molar-refractivity contribution is 0.249. The van der Waals surface area contributed by atoms with Gasteiger partial charge in [0.25, 0.3) is 0 Å². The van der Waals surface area contributed by atoms with E-state index in [9.17, 15) is 9.18 Å². The van der Waals surface area contributed by atoms with Crippen LogP contribution in [0.25, 0.3) is 5.82 Å². The molecule has 2 heterocycles. The van der Waals surface area contributed by atoms with Gasteiger partial charge in [-0.15, -0.1) is 0 Å². The largest absolute Gasteiger partial charge is 0.331 e. The predicted octanol–water partition coefficient (Wildman–Crippen LogP) is 3.60. The topological polar surface area (TPSA) is 71.8 Å². The predicted molar refractivity (Wildman–Crippen MR) is 93.1 cm³/mol. The number of nitrogens with zero attached hydrogens (tertiary/aromatic N) is 3. The van der Waals surface area contributed by atoms with Crippen LogP contribution in [0.5, 0.6) is 0 Å². The molecule has 2 aromatic heterocycles. The summed E-state index contributed by atoms with van der Waals surface area (Å²) >= 11 is 0. The van der Waals surface area contributed by atoms with Gasteiger partial charge in [0.2, 0.25) is 0 Å². The van der Waals surface area contributed by atoms with E-state index in [1.807, 2.05) is 32.0 Å². The minimum absolute atomic E-state index is 0.133. The number of hydrogen-bond acceptors (Lipinski definition) is 3. The van der Waals surface area contributed by atoms with Gasteiger partial charge in [-0.3, -0.25) is 0 Å². The fourth-order valence-corrected chi connectivity index (χ4v) is 2.55. The van der Waals surface area contributed by atoms with E-state index < -0.39 is 11.8 Å². The Balaban J connectivity index is 1.71. The molecule has 0 spiro atoms. The fourth-order valence-electron chi connectivity index (χ4n) is 2.55. The number of aromatic nitrogens is 3. The Bertz CT molecular complexity index is 878. The van der Waals surface area contributed by atoms with E-state index in [1.165, 1.54) is 12.1 Å². The van der Waals surface area contributed by atoms with Crippen LogP contribution in [0.3, 0.4) is 0 Å². The second-order valence-electron chi connectivity index (χ2n) is 5.59. The first-order chi connectivity index (χ1) is 12.1. The Kier molecular flexibility index (Phi) is 4.74. The summed E-state index contributed by atoms with van der Waals surface area (Å²) in [6.45, 7) is 3.75. The normalized spacial score (nSPS) is 11.8. The number of urea groups is 1. The molecule has 2 N–H and O–H groups in total. The molecule has 0 aliphatic heterocycles. The summed E-state index contributed by atoms with van der Waals surface area (Å²) in [6.07, 6.45) is 3.39. The van der Waals surface area contributed by atoms with Crippen molar-refractivity contribution in [3.8, 4) is 5.82 Å². The van der Waals surface area contributed by atoms with Crippen LogP contribution in [0.1, 0.15) is 24.2 Å². The van der Waals surface area contributed by atoms with E-state index in [0.29, 0.717) is 5.82 Å². The molecule has 0 aliphatic carbocycles. The number of benzene rings is 1. The van der Waals surface area contributed by atoms with E-state index in [1.54, 1.807) is 29.2 Å². The van der Waals surface area contributed by atoms with Crippen LogP contribution in [0.15, 0.2) is 54.9 Å². The molecule has 1 atom stereocenters. The highest BCUT2D eigenvalue weighted by molar-refractivity contribution is 5.89. The van der Waals surface area contributed by atoms with Gasteiger partial charge in [-0.1, -0.05) is 18.2 Å². The molecule has 2 amide bonds. The van der Waals surface area contributed by atoms with Crippen molar-refractivity contribution in [1.29, 1.82) is 0 Å². The van der Waals surface area contributed by atoms with E-state index >= 15 is 0 Å². The van der Waals surface area contributed by atoms with Crippen LogP contribution >= 0.6 is 0 Å². The summed E-state index contributed by atoms with van der Waals surface area (Å²) < 4.78 is 15.3. The molecule has 0 unspecified atom stereocenters. The first-order valence-corrected chi connectivity index (χ1v) is 7.84. The highest BCUT2D eigenvalue weighted by atomic mass is 19.1. The lowest BCUT2D eigenvalue weighted by Gasteiger charge is -2.15. The third-order valence-corrected chi connectivity index (χ3v) is 3.85. The van der Waals surface area contributed by atoms with E-state index in [4.69, 9.17) is 0 Å². The molecule has 1 aromatic carbocycles. The number of nitrogens with one attached hydrogen (secondary N) is 2. The molecule has 0 fully saturated rings. The number of hydrogen-bond donors (Lipinski definition) is 2. The summed E-state index contributed by atoms with van der Waals surface area (Å²) in [7, 11) is 0. The van der Waals surface area contributed by atoms with E-state index in [2.05, 4.69) is 20.7 Å². The maximum atomic E-state index is 13.6. The summed E-state index contributed by atoms with van der Waals surface area (Å²) in [6, 6.07) is 10.8. The maximum absolute atomic E-state index is 13.6. The summed E-state index contributed by atoms with van der Waals surface area (Å²) in [5.41, 5.74) is 1.86. The van der Waals surface area contributed by atoms with Gasteiger partial charge in [-0.05, 0) is 38.1 Å². The van der Waals surface area contributed by atoms with Gasteiger partial charge in [0, 0.05) is 17.5 Å². The van der Waals surface area contributed by atoms with Crippen molar-refractivity contribution in [3.63, 3.8) is 0 Å². The molecule has 3 aromatic rings. The van der Waals surface area contributed by atoms with Gasteiger partial charge in [-0.25, -0.2) is 18.9 Å². The second-order valence-corrected chi connectivity index (χ2v) is 5.59. The molecule has 0 saturated carbocycles. The van der Waals surface area contributed by atoms with Crippen molar-refractivity contribution < 1.29 is 9.18 Å². The number of carbonyl (C=O) groups excluding carboxylic acids is 1. The summed E-state index contributed by atoms with van der Waals surface area (Å²) in [4.78, 5) is 16.4. The lowest BCUT2D eigenvalue weighted by atomic mass is 10.1. The molecule has 0 bridgehead atoms. The average molecular weight is 339 g/mol. The van der Waals surface area contributed by atoms with Crippen LogP contribution < -0.4 is 10.6 Å². The Morgan fingerprint density at radius 1 is 1.20 bits per heavy atom. The van der Waals surface area contributed by atoms with Crippen molar-refractivity contribution >= 4 is 11.7 Å². The van der Waals surface area contributed by atoms with Crippen LogP contribution in [-0.4, -0.2) is 20.8 Å². The zero-order valence-corrected chi connectivity index (χ0v) is 13.9. The van der Waals surface area contributed by atoms with Gasteiger partial charge >= 0.3 is 6.03 Å². The van der Waals surface area contributed by atoms with E-state index in [-0.39, 0.29) is 11.7 Å². The van der Waals surface area contributed by atoms with Gasteiger partial charge in [0.15, 0.2) is 5.82 Å². The molecule has 0 radical (unpaired) electrons. The number of carbonyl (C=O) groups is 1. The van der Waals surface area contributed by atoms with Gasteiger partial charge < -0.3 is 10.6 Å². The number of amides is 2. The lowest BCUT2D eigenvalue weighted by Crippen LogP contribution is -2.31. The van der Waals surface area contributed by atoms with Crippen molar-refractivity contribution in [2.75, 3.05) is 5.32 Å². The first kappa shape index (κ1) is 16.6. The van der Waals surface area contributed by atoms with Crippen molar-refractivity contribution in [3.05, 3.63) is 71.9 Å². The Hall–Kier alpha value is -3.22. The van der Waals surface area contributed by atoms with Crippen LogP contribution in [-0.2, 0) is 0 Å². The fraction of sp³-hybridized carbons (Fsp3) is 0.167. The number of rotatable bonds is 4. The SMILES string of the molecule is Cc1c([C@H](C)NC(=O)Nc2ccccc2F)cnn1-c1ccccn1. The minimum atomic E-state index is -0.484.